The Balaban J connectivity index is 1.33. The summed E-state index contributed by atoms with van der Waals surface area (Å²) in [7, 11) is 0. The third-order valence-electron chi connectivity index (χ3n) is 5.10. The van der Waals surface area contributed by atoms with Crippen LogP contribution >= 0.6 is 11.6 Å². The first-order valence-electron chi connectivity index (χ1n) is 9.25. The summed E-state index contributed by atoms with van der Waals surface area (Å²) in [5.74, 6) is 2.19. The van der Waals surface area contributed by atoms with Crippen molar-refractivity contribution in [3.8, 4) is 0 Å². The fourth-order valence-corrected chi connectivity index (χ4v) is 3.72. The quantitative estimate of drug-likeness (QED) is 0.693. The van der Waals surface area contributed by atoms with Crippen molar-refractivity contribution in [2.24, 2.45) is 0 Å². The van der Waals surface area contributed by atoms with Gasteiger partial charge in [0.2, 0.25) is 5.95 Å². The Bertz CT molecular complexity index is 942. The molecular weight excluding hydrogens is 348 g/mol. The van der Waals surface area contributed by atoms with E-state index in [0.717, 1.165) is 36.2 Å². The lowest BCUT2D eigenvalue weighted by Crippen LogP contribution is -2.21. The van der Waals surface area contributed by atoms with Crippen LogP contribution in [-0.4, -0.2) is 32.4 Å². The number of aromatic nitrogens is 4. The van der Waals surface area contributed by atoms with Crippen molar-refractivity contribution < 1.29 is 0 Å². The van der Waals surface area contributed by atoms with Crippen LogP contribution in [0.4, 0.5) is 11.8 Å². The molecule has 1 saturated carbocycles. The van der Waals surface area contributed by atoms with Crippen LogP contribution in [0.3, 0.4) is 0 Å². The van der Waals surface area contributed by atoms with E-state index in [2.05, 4.69) is 54.1 Å². The van der Waals surface area contributed by atoms with Crippen molar-refractivity contribution in [1.29, 1.82) is 0 Å². The van der Waals surface area contributed by atoms with E-state index in [1.165, 1.54) is 31.2 Å². The number of nitrogens with one attached hydrogen (secondary N) is 1. The van der Waals surface area contributed by atoms with Gasteiger partial charge in [0, 0.05) is 31.5 Å². The number of halogens is 1. The Kier molecular flexibility index (Phi) is 3.93. The number of rotatable bonds is 5. The highest BCUT2D eigenvalue weighted by Gasteiger charge is 2.23. The second-order valence-electron chi connectivity index (χ2n) is 7.16. The zero-order valence-electron chi connectivity index (χ0n) is 14.5. The van der Waals surface area contributed by atoms with Crippen molar-refractivity contribution in [1.82, 2.24) is 19.4 Å². The smallest absolute Gasteiger partial charge is 0.228 e. The molecule has 0 aromatic carbocycles. The maximum Gasteiger partial charge on any atom is 0.228 e. The highest BCUT2D eigenvalue weighted by Crippen LogP contribution is 2.39. The molecule has 0 atom stereocenters. The molecule has 2 aliphatic rings. The predicted molar refractivity (Wildman–Crippen MR) is 103 cm³/mol. The highest BCUT2D eigenvalue weighted by molar-refractivity contribution is 6.29. The molecule has 1 saturated heterocycles. The minimum atomic E-state index is 0.466. The Labute approximate surface area is 157 Å². The van der Waals surface area contributed by atoms with Gasteiger partial charge in [0.05, 0.1) is 12.2 Å². The summed E-state index contributed by atoms with van der Waals surface area (Å²) in [6, 6.07) is 6.07. The monoisotopic (exact) mass is 368 g/mol. The molecule has 4 heterocycles. The van der Waals surface area contributed by atoms with Crippen molar-refractivity contribution in [2.75, 3.05) is 23.3 Å². The van der Waals surface area contributed by atoms with E-state index in [4.69, 9.17) is 11.6 Å². The molecule has 5 rings (SSSR count). The van der Waals surface area contributed by atoms with E-state index in [1.807, 2.05) is 0 Å². The first-order chi connectivity index (χ1) is 12.7. The van der Waals surface area contributed by atoms with Gasteiger partial charge in [-0.3, -0.25) is 0 Å². The maximum absolute atomic E-state index is 6.19. The first-order valence-corrected chi connectivity index (χ1v) is 9.63. The summed E-state index contributed by atoms with van der Waals surface area (Å²) < 4.78 is 2.12. The van der Waals surface area contributed by atoms with Gasteiger partial charge in [-0.25, -0.2) is 9.97 Å². The van der Waals surface area contributed by atoms with Gasteiger partial charge in [-0.2, -0.15) is 4.98 Å². The van der Waals surface area contributed by atoms with Gasteiger partial charge < -0.3 is 14.6 Å². The molecule has 0 radical (unpaired) electrons. The Hall–Kier alpha value is -2.34. The molecule has 134 valence electrons. The fraction of sp³-hybridized carbons (Fsp3) is 0.421. The molecule has 1 aliphatic carbocycles. The van der Waals surface area contributed by atoms with Crippen molar-refractivity contribution in [3.05, 3.63) is 47.0 Å². The Morgan fingerprint density at radius 3 is 2.73 bits per heavy atom. The molecule has 0 amide bonds. The number of hydrogen-bond acceptors (Lipinski definition) is 5. The van der Waals surface area contributed by atoms with Crippen LogP contribution in [0.5, 0.6) is 0 Å². The van der Waals surface area contributed by atoms with E-state index >= 15 is 0 Å². The molecule has 2 fully saturated rings. The second kappa shape index (κ2) is 6.43. The van der Waals surface area contributed by atoms with Crippen LogP contribution in [-0.2, 0) is 6.54 Å². The molecule has 26 heavy (non-hydrogen) atoms. The minimum Gasteiger partial charge on any atom is -0.364 e. The molecule has 3 aromatic heterocycles. The van der Waals surface area contributed by atoms with Crippen LogP contribution < -0.4 is 10.2 Å². The Morgan fingerprint density at radius 2 is 1.92 bits per heavy atom. The molecule has 1 N–H and O–H groups in total. The summed E-state index contributed by atoms with van der Waals surface area (Å²) in [5, 5.41) is 3.80. The lowest BCUT2D eigenvalue weighted by molar-refractivity contribution is 0.895. The standard InChI is InChI=1S/C19H21ClN6/c20-16-9-17(24-19(23-16)25-7-1-2-8-25)21-10-15-12-26-11-14(13-3-4-13)5-6-18(26)22-15/h5-6,9,11-13H,1-4,7-8,10H2,(H,21,23,24). The van der Waals surface area contributed by atoms with Crippen molar-refractivity contribution in [3.63, 3.8) is 0 Å². The van der Waals surface area contributed by atoms with Crippen LogP contribution in [0.1, 0.15) is 42.9 Å². The first kappa shape index (κ1) is 15.9. The van der Waals surface area contributed by atoms with Crippen LogP contribution in [0.15, 0.2) is 30.6 Å². The molecular formula is C19H21ClN6. The molecule has 0 unspecified atom stereocenters. The van der Waals surface area contributed by atoms with E-state index in [9.17, 15) is 0 Å². The van der Waals surface area contributed by atoms with Crippen LogP contribution in [0.25, 0.3) is 5.65 Å². The van der Waals surface area contributed by atoms with Gasteiger partial charge in [-0.05, 0) is 43.2 Å². The Morgan fingerprint density at radius 1 is 1.08 bits per heavy atom. The maximum atomic E-state index is 6.19. The number of pyridine rings is 1. The number of imidazole rings is 1. The SMILES string of the molecule is Clc1cc(NCc2cn3cc(C4CC4)ccc3n2)nc(N2CCCC2)n1. The average Bonchev–Trinajstić information content (AvgIpc) is 3.18. The molecule has 0 bridgehead atoms. The summed E-state index contributed by atoms with van der Waals surface area (Å²) in [4.78, 5) is 15.8. The van der Waals surface area contributed by atoms with E-state index in [1.54, 1.807) is 6.07 Å². The molecule has 3 aromatic rings. The van der Waals surface area contributed by atoms with Gasteiger partial charge >= 0.3 is 0 Å². The highest BCUT2D eigenvalue weighted by atomic mass is 35.5. The van der Waals surface area contributed by atoms with Gasteiger partial charge in [-0.15, -0.1) is 0 Å². The number of hydrogen-bond donors (Lipinski definition) is 1. The summed E-state index contributed by atoms with van der Waals surface area (Å²) in [6.07, 6.45) is 9.27. The predicted octanol–water partition coefficient (Wildman–Crippen LogP) is 3.87. The fourth-order valence-electron chi connectivity index (χ4n) is 3.54. The zero-order chi connectivity index (χ0) is 17.5. The minimum absolute atomic E-state index is 0.466. The molecule has 6 nitrogen and oxygen atoms in total. The molecule has 7 heteroatoms. The third kappa shape index (κ3) is 3.21. The lowest BCUT2D eigenvalue weighted by atomic mass is 10.2. The van der Waals surface area contributed by atoms with E-state index in [0.29, 0.717) is 17.6 Å². The lowest BCUT2D eigenvalue weighted by Gasteiger charge is -2.16. The third-order valence-corrected chi connectivity index (χ3v) is 5.29. The zero-order valence-corrected chi connectivity index (χ0v) is 15.3. The summed E-state index contributed by atoms with van der Waals surface area (Å²) >= 11 is 6.19. The van der Waals surface area contributed by atoms with E-state index < -0.39 is 0 Å². The second-order valence-corrected chi connectivity index (χ2v) is 7.55. The summed E-state index contributed by atoms with van der Waals surface area (Å²) in [5.41, 5.74) is 3.37. The number of nitrogens with zero attached hydrogens (tertiary/aromatic N) is 5. The molecule has 1 aliphatic heterocycles. The number of anilines is 2. The van der Waals surface area contributed by atoms with Crippen LogP contribution in [0, 0.1) is 0 Å². The van der Waals surface area contributed by atoms with Crippen molar-refractivity contribution >= 4 is 29.0 Å². The van der Waals surface area contributed by atoms with Gasteiger partial charge in [0.25, 0.3) is 0 Å². The molecule has 0 spiro atoms. The number of fused-ring (bicyclic) bond motifs is 1. The largest absolute Gasteiger partial charge is 0.364 e. The van der Waals surface area contributed by atoms with Gasteiger partial charge in [0.1, 0.15) is 16.6 Å². The van der Waals surface area contributed by atoms with E-state index in [-0.39, 0.29) is 0 Å². The summed E-state index contributed by atoms with van der Waals surface area (Å²) in [6.45, 7) is 2.60. The van der Waals surface area contributed by atoms with Crippen molar-refractivity contribution in [2.45, 2.75) is 38.1 Å². The topological polar surface area (TPSA) is 58.4 Å². The average molecular weight is 369 g/mol. The normalized spacial score (nSPS) is 17.2. The van der Waals surface area contributed by atoms with Gasteiger partial charge in [0.15, 0.2) is 0 Å². The van der Waals surface area contributed by atoms with Crippen LogP contribution in [0.2, 0.25) is 5.15 Å². The van der Waals surface area contributed by atoms with Gasteiger partial charge in [-0.1, -0.05) is 17.7 Å².